The molecule has 0 aromatic carbocycles. The summed E-state index contributed by atoms with van der Waals surface area (Å²) in [6, 6.07) is 0.287. The lowest BCUT2D eigenvalue weighted by atomic mass is 10.2. The van der Waals surface area contributed by atoms with E-state index in [1.54, 1.807) is 4.68 Å². The van der Waals surface area contributed by atoms with E-state index in [-0.39, 0.29) is 12.6 Å². The number of nitrogens with one attached hydrogen (secondary N) is 1. The summed E-state index contributed by atoms with van der Waals surface area (Å²) in [6.45, 7) is 4.35. The largest absolute Gasteiger partial charge is 0.396 e. The molecule has 0 saturated carbocycles. The number of nitrogens with zero attached hydrogens (tertiary/aromatic N) is 2. The summed E-state index contributed by atoms with van der Waals surface area (Å²) in [5.41, 5.74) is 7.66. The molecule has 1 aromatic heterocycles. The van der Waals surface area contributed by atoms with E-state index < -0.39 is 0 Å². The first-order valence-corrected chi connectivity index (χ1v) is 5.78. The fourth-order valence-corrected chi connectivity index (χ4v) is 1.73. The van der Waals surface area contributed by atoms with Gasteiger partial charge in [-0.3, -0.25) is 4.68 Å². The Hall–Kier alpha value is -1.23. The fourth-order valence-electron chi connectivity index (χ4n) is 1.73. The molecule has 1 rings (SSSR count). The van der Waals surface area contributed by atoms with Gasteiger partial charge in [-0.1, -0.05) is 6.92 Å². The van der Waals surface area contributed by atoms with E-state index in [2.05, 4.69) is 17.3 Å². The summed E-state index contributed by atoms with van der Waals surface area (Å²) in [6.07, 6.45) is 2.56. The Kier molecular flexibility index (Phi) is 4.61. The number of anilines is 2. The van der Waals surface area contributed by atoms with E-state index >= 15 is 0 Å². The van der Waals surface area contributed by atoms with E-state index in [0.29, 0.717) is 0 Å². The molecule has 0 fully saturated rings. The Bertz CT molecular complexity index is 335. The highest BCUT2D eigenvalue weighted by Crippen LogP contribution is 2.23. The van der Waals surface area contributed by atoms with Crippen molar-refractivity contribution in [3.63, 3.8) is 0 Å². The molecule has 1 aromatic rings. The molecule has 0 amide bonds. The maximum atomic E-state index is 8.76. The molecule has 1 atom stereocenters. The summed E-state index contributed by atoms with van der Waals surface area (Å²) in [5.74, 6) is 0.877. The van der Waals surface area contributed by atoms with Crippen molar-refractivity contribution in [3.8, 4) is 0 Å². The fraction of sp³-hybridized carbons (Fsp3) is 0.727. The molecule has 5 nitrogen and oxygen atoms in total. The van der Waals surface area contributed by atoms with Crippen molar-refractivity contribution in [1.82, 2.24) is 9.78 Å². The summed E-state index contributed by atoms with van der Waals surface area (Å²) in [5, 5.41) is 16.4. The maximum Gasteiger partial charge on any atom is 0.147 e. The third-order valence-electron chi connectivity index (χ3n) is 2.67. The van der Waals surface area contributed by atoms with Gasteiger partial charge in [-0.05, 0) is 26.2 Å². The van der Waals surface area contributed by atoms with Gasteiger partial charge in [0.15, 0.2) is 0 Å². The molecule has 5 heteroatoms. The molecular formula is C11H22N4O. The van der Waals surface area contributed by atoms with E-state index in [0.717, 1.165) is 36.5 Å². The Morgan fingerprint density at radius 1 is 1.56 bits per heavy atom. The van der Waals surface area contributed by atoms with Crippen LogP contribution in [0.25, 0.3) is 0 Å². The highest BCUT2D eigenvalue weighted by Gasteiger charge is 2.13. The summed E-state index contributed by atoms with van der Waals surface area (Å²) < 4.78 is 1.78. The number of nitrogens with two attached hydrogens (primary N) is 1. The quantitative estimate of drug-likeness (QED) is 0.680. The first-order chi connectivity index (χ1) is 7.60. The highest BCUT2D eigenvalue weighted by molar-refractivity contribution is 5.65. The zero-order valence-electron chi connectivity index (χ0n) is 10.3. The molecule has 1 heterocycles. The first kappa shape index (κ1) is 12.8. The molecule has 1 unspecified atom stereocenters. The van der Waals surface area contributed by atoms with Gasteiger partial charge < -0.3 is 16.2 Å². The van der Waals surface area contributed by atoms with Gasteiger partial charge in [-0.2, -0.15) is 5.10 Å². The lowest BCUT2D eigenvalue weighted by Gasteiger charge is -2.15. The maximum absolute atomic E-state index is 8.76. The van der Waals surface area contributed by atoms with E-state index in [4.69, 9.17) is 10.8 Å². The van der Waals surface area contributed by atoms with Gasteiger partial charge in [-0.15, -0.1) is 0 Å². The molecule has 0 radical (unpaired) electrons. The van der Waals surface area contributed by atoms with Crippen LogP contribution in [0.2, 0.25) is 0 Å². The van der Waals surface area contributed by atoms with Crippen molar-refractivity contribution in [2.75, 3.05) is 17.7 Å². The minimum atomic E-state index is 0.229. The average Bonchev–Trinajstić information content (AvgIpc) is 2.53. The Morgan fingerprint density at radius 3 is 2.75 bits per heavy atom. The summed E-state index contributed by atoms with van der Waals surface area (Å²) in [7, 11) is 1.89. The van der Waals surface area contributed by atoms with Gasteiger partial charge in [0.05, 0.1) is 11.4 Å². The van der Waals surface area contributed by atoms with Crippen molar-refractivity contribution in [3.05, 3.63) is 5.69 Å². The first-order valence-electron chi connectivity index (χ1n) is 5.78. The zero-order valence-corrected chi connectivity index (χ0v) is 10.3. The predicted molar refractivity (Wildman–Crippen MR) is 66.4 cm³/mol. The molecule has 0 saturated heterocycles. The van der Waals surface area contributed by atoms with Crippen molar-refractivity contribution < 1.29 is 5.11 Å². The topological polar surface area (TPSA) is 76.1 Å². The number of aryl methyl sites for hydroxylation is 2. The lowest BCUT2D eigenvalue weighted by Crippen LogP contribution is -2.18. The standard InChI is InChI=1S/C11H22N4O/c1-4-9-10(12)11(15(3)14-9)13-8(2)6-5-7-16/h8,13,16H,4-7,12H2,1-3H3. The number of aromatic nitrogens is 2. The van der Waals surface area contributed by atoms with E-state index in [1.165, 1.54) is 0 Å². The number of hydrogen-bond donors (Lipinski definition) is 3. The van der Waals surface area contributed by atoms with Crippen molar-refractivity contribution in [1.29, 1.82) is 0 Å². The van der Waals surface area contributed by atoms with Gasteiger partial charge in [-0.25, -0.2) is 0 Å². The summed E-state index contributed by atoms with van der Waals surface area (Å²) in [4.78, 5) is 0. The van der Waals surface area contributed by atoms with Crippen molar-refractivity contribution in [2.45, 2.75) is 39.2 Å². The third-order valence-corrected chi connectivity index (χ3v) is 2.67. The average molecular weight is 226 g/mol. The van der Waals surface area contributed by atoms with Crippen LogP contribution in [0, 0.1) is 0 Å². The number of hydrogen-bond acceptors (Lipinski definition) is 4. The van der Waals surface area contributed by atoms with Gasteiger partial charge in [0, 0.05) is 19.7 Å². The van der Waals surface area contributed by atoms with Crippen LogP contribution in [-0.2, 0) is 13.5 Å². The van der Waals surface area contributed by atoms with Crippen molar-refractivity contribution in [2.24, 2.45) is 7.05 Å². The van der Waals surface area contributed by atoms with E-state index in [1.807, 2.05) is 14.0 Å². The van der Waals surface area contributed by atoms with Crippen LogP contribution in [0.5, 0.6) is 0 Å². The Labute approximate surface area is 96.6 Å². The molecular weight excluding hydrogens is 204 g/mol. The van der Waals surface area contributed by atoms with Crippen LogP contribution < -0.4 is 11.1 Å². The molecule has 0 bridgehead atoms. The highest BCUT2D eigenvalue weighted by atomic mass is 16.2. The van der Waals surface area contributed by atoms with Gasteiger partial charge in [0.1, 0.15) is 5.82 Å². The predicted octanol–water partition coefficient (Wildman–Crippen LogP) is 1.14. The van der Waals surface area contributed by atoms with E-state index in [9.17, 15) is 0 Å². The Morgan fingerprint density at radius 2 is 2.25 bits per heavy atom. The van der Waals surface area contributed by atoms with Crippen molar-refractivity contribution >= 4 is 11.5 Å². The smallest absolute Gasteiger partial charge is 0.147 e. The summed E-state index contributed by atoms with van der Waals surface area (Å²) >= 11 is 0. The third kappa shape index (κ3) is 2.88. The monoisotopic (exact) mass is 226 g/mol. The van der Waals surface area contributed by atoms with Crippen LogP contribution in [0.4, 0.5) is 11.5 Å². The lowest BCUT2D eigenvalue weighted by molar-refractivity contribution is 0.282. The number of aliphatic hydroxyl groups is 1. The van der Waals surface area contributed by atoms with Crippen LogP contribution in [0.3, 0.4) is 0 Å². The minimum Gasteiger partial charge on any atom is -0.396 e. The van der Waals surface area contributed by atoms with Crippen LogP contribution >= 0.6 is 0 Å². The zero-order chi connectivity index (χ0) is 12.1. The molecule has 0 spiro atoms. The number of aliphatic hydroxyl groups excluding tert-OH is 1. The number of rotatable bonds is 6. The molecule has 16 heavy (non-hydrogen) atoms. The second-order valence-corrected chi connectivity index (χ2v) is 4.10. The molecule has 4 N–H and O–H groups in total. The SMILES string of the molecule is CCc1nn(C)c(NC(C)CCCO)c1N. The van der Waals surface area contributed by atoms with Gasteiger partial charge in [0.25, 0.3) is 0 Å². The molecule has 0 aliphatic carbocycles. The minimum absolute atomic E-state index is 0.229. The Balaban J connectivity index is 2.69. The van der Waals surface area contributed by atoms with Crippen LogP contribution in [-0.4, -0.2) is 27.5 Å². The molecule has 0 aliphatic rings. The van der Waals surface area contributed by atoms with Crippen LogP contribution in [0.1, 0.15) is 32.4 Å². The number of nitrogen functional groups attached to an aromatic ring is 1. The van der Waals surface area contributed by atoms with Gasteiger partial charge in [0.2, 0.25) is 0 Å². The molecule has 0 aliphatic heterocycles. The van der Waals surface area contributed by atoms with Gasteiger partial charge >= 0.3 is 0 Å². The second kappa shape index (κ2) is 5.75. The molecule has 92 valence electrons. The van der Waals surface area contributed by atoms with Crippen LogP contribution in [0.15, 0.2) is 0 Å². The normalized spacial score (nSPS) is 12.8. The second-order valence-electron chi connectivity index (χ2n) is 4.10.